The normalized spacial score (nSPS) is 12.0. The van der Waals surface area contributed by atoms with Crippen LogP contribution >= 0.6 is 15.9 Å². The zero-order valence-corrected chi connectivity index (χ0v) is 14.3. The lowest BCUT2D eigenvalue weighted by atomic mass is 10.1. The van der Waals surface area contributed by atoms with Crippen molar-refractivity contribution in [2.45, 2.75) is 11.8 Å². The smallest absolute Gasteiger partial charge is 0.258 e. The fourth-order valence-electron chi connectivity index (χ4n) is 1.70. The van der Waals surface area contributed by atoms with Crippen LogP contribution in [0.2, 0.25) is 0 Å². The SMILES string of the molecule is CC(=NNS(=O)(=O)c1ccc(Br)cc1)c1cccc([N+](=O)[O-])c1. The fourth-order valence-corrected chi connectivity index (χ4v) is 2.83. The topological polar surface area (TPSA) is 102 Å². The van der Waals surface area contributed by atoms with E-state index < -0.39 is 14.9 Å². The predicted molar refractivity (Wildman–Crippen MR) is 89.8 cm³/mol. The number of halogens is 1. The summed E-state index contributed by atoms with van der Waals surface area (Å²) in [7, 11) is -3.80. The summed E-state index contributed by atoms with van der Waals surface area (Å²) < 4.78 is 25.0. The molecule has 23 heavy (non-hydrogen) atoms. The second-order valence-corrected chi connectivity index (χ2v) is 7.13. The number of sulfonamides is 1. The van der Waals surface area contributed by atoms with Gasteiger partial charge in [0.2, 0.25) is 0 Å². The minimum Gasteiger partial charge on any atom is -0.258 e. The van der Waals surface area contributed by atoms with E-state index in [0.717, 1.165) is 4.47 Å². The fraction of sp³-hybridized carbons (Fsp3) is 0.0714. The number of nitrogens with zero attached hydrogens (tertiary/aromatic N) is 2. The van der Waals surface area contributed by atoms with E-state index in [2.05, 4.69) is 25.9 Å². The molecule has 0 aliphatic heterocycles. The first-order chi connectivity index (χ1) is 10.8. The summed E-state index contributed by atoms with van der Waals surface area (Å²) in [6.45, 7) is 1.56. The molecule has 0 unspecified atom stereocenters. The lowest BCUT2D eigenvalue weighted by molar-refractivity contribution is -0.384. The second kappa shape index (κ2) is 6.88. The lowest BCUT2D eigenvalue weighted by Crippen LogP contribution is -2.19. The first-order valence-corrected chi connectivity index (χ1v) is 8.64. The minimum atomic E-state index is -3.80. The van der Waals surface area contributed by atoms with Crippen LogP contribution in [-0.4, -0.2) is 19.1 Å². The number of hydrogen-bond donors (Lipinski definition) is 1. The van der Waals surface area contributed by atoms with Gasteiger partial charge in [-0.15, -0.1) is 0 Å². The van der Waals surface area contributed by atoms with Crippen molar-refractivity contribution in [3.8, 4) is 0 Å². The van der Waals surface area contributed by atoms with Crippen LogP contribution in [0.5, 0.6) is 0 Å². The van der Waals surface area contributed by atoms with Gasteiger partial charge in [0.25, 0.3) is 15.7 Å². The van der Waals surface area contributed by atoms with Crippen molar-refractivity contribution in [1.82, 2.24) is 4.83 Å². The number of hydrazone groups is 1. The van der Waals surface area contributed by atoms with E-state index in [4.69, 9.17) is 0 Å². The highest BCUT2D eigenvalue weighted by molar-refractivity contribution is 9.10. The molecule has 0 bridgehead atoms. The largest absolute Gasteiger partial charge is 0.276 e. The van der Waals surface area contributed by atoms with Crippen LogP contribution in [0, 0.1) is 10.1 Å². The number of nitro benzene ring substituents is 1. The lowest BCUT2D eigenvalue weighted by Gasteiger charge is -2.05. The van der Waals surface area contributed by atoms with Crippen LogP contribution < -0.4 is 4.83 Å². The maximum absolute atomic E-state index is 12.1. The summed E-state index contributed by atoms with van der Waals surface area (Å²) in [4.78, 5) is 12.4. The zero-order valence-electron chi connectivity index (χ0n) is 11.9. The molecule has 0 saturated carbocycles. The van der Waals surface area contributed by atoms with Crippen LogP contribution in [0.4, 0.5) is 5.69 Å². The maximum atomic E-state index is 12.1. The quantitative estimate of drug-likeness (QED) is 0.475. The average Bonchev–Trinajstić information content (AvgIpc) is 2.53. The molecular weight excluding hydrogens is 386 g/mol. The van der Waals surface area contributed by atoms with E-state index in [1.807, 2.05) is 0 Å². The van der Waals surface area contributed by atoms with E-state index in [9.17, 15) is 18.5 Å². The van der Waals surface area contributed by atoms with Crippen LogP contribution in [0.15, 0.2) is 63.0 Å². The molecule has 2 rings (SSSR count). The molecule has 0 saturated heterocycles. The van der Waals surface area contributed by atoms with Gasteiger partial charge in [-0.3, -0.25) is 10.1 Å². The Labute approximate surface area is 141 Å². The highest BCUT2D eigenvalue weighted by Gasteiger charge is 2.13. The second-order valence-electron chi connectivity index (χ2n) is 4.55. The van der Waals surface area contributed by atoms with Crippen LogP contribution in [0.3, 0.4) is 0 Å². The van der Waals surface area contributed by atoms with Crippen molar-refractivity contribution in [1.29, 1.82) is 0 Å². The Morgan fingerprint density at radius 2 is 1.87 bits per heavy atom. The minimum absolute atomic E-state index is 0.0660. The van der Waals surface area contributed by atoms with Crippen molar-refractivity contribution in [2.24, 2.45) is 5.10 Å². The summed E-state index contributed by atoms with van der Waals surface area (Å²) >= 11 is 3.23. The number of benzene rings is 2. The van der Waals surface area contributed by atoms with Crippen molar-refractivity contribution >= 4 is 37.4 Å². The van der Waals surface area contributed by atoms with E-state index in [1.165, 1.54) is 30.3 Å². The first-order valence-electron chi connectivity index (χ1n) is 6.36. The molecule has 0 spiro atoms. The highest BCUT2D eigenvalue weighted by atomic mass is 79.9. The van der Waals surface area contributed by atoms with E-state index in [-0.39, 0.29) is 10.6 Å². The first kappa shape index (κ1) is 17.1. The molecule has 9 heteroatoms. The molecule has 0 aromatic heterocycles. The third-order valence-electron chi connectivity index (χ3n) is 2.93. The molecule has 0 radical (unpaired) electrons. The van der Waals surface area contributed by atoms with Gasteiger partial charge in [0, 0.05) is 22.2 Å². The Morgan fingerprint density at radius 1 is 1.22 bits per heavy atom. The van der Waals surface area contributed by atoms with Crippen molar-refractivity contribution in [3.63, 3.8) is 0 Å². The van der Waals surface area contributed by atoms with E-state index in [1.54, 1.807) is 25.1 Å². The van der Waals surface area contributed by atoms with Gasteiger partial charge in [0.1, 0.15) is 0 Å². The molecule has 0 aliphatic carbocycles. The summed E-state index contributed by atoms with van der Waals surface area (Å²) in [5, 5.41) is 14.6. The third-order valence-corrected chi connectivity index (χ3v) is 4.69. The van der Waals surface area contributed by atoms with Gasteiger partial charge < -0.3 is 0 Å². The summed E-state index contributed by atoms with van der Waals surface area (Å²) in [5.74, 6) is 0. The molecular formula is C14H12BrN3O4S. The van der Waals surface area contributed by atoms with Gasteiger partial charge in [-0.25, -0.2) is 0 Å². The summed E-state index contributed by atoms with van der Waals surface area (Å²) in [6, 6.07) is 11.9. The van der Waals surface area contributed by atoms with E-state index in [0.29, 0.717) is 11.3 Å². The molecule has 0 aliphatic rings. The van der Waals surface area contributed by atoms with Gasteiger partial charge in [0.15, 0.2) is 0 Å². The van der Waals surface area contributed by atoms with Gasteiger partial charge >= 0.3 is 0 Å². The zero-order chi connectivity index (χ0) is 17.0. The third kappa shape index (κ3) is 4.36. The molecule has 0 atom stereocenters. The molecule has 7 nitrogen and oxygen atoms in total. The molecule has 0 fully saturated rings. The van der Waals surface area contributed by atoms with Crippen molar-refractivity contribution in [3.05, 3.63) is 68.7 Å². The van der Waals surface area contributed by atoms with Crippen LogP contribution in [0.1, 0.15) is 12.5 Å². The van der Waals surface area contributed by atoms with Gasteiger partial charge in [-0.1, -0.05) is 28.1 Å². The number of hydrogen-bond acceptors (Lipinski definition) is 5. The molecule has 0 heterocycles. The Hall–Kier alpha value is -2.26. The van der Waals surface area contributed by atoms with Gasteiger partial charge in [-0.05, 0) is 31.2 Å². The standard InChI is InChI=1S/C14H12BrN3O4S/c1-10(11-3-2-4-13(9-11)18(19)20)16-17-23(21,22)14-7-5-12(15)6-8-14/h2-9,17H,1H3. The monoisotopic (exact) mass is 397 g/mol. The molecule has 1 N–H and O–H groups in total. The Morgan fingerprint density at radius 3 is 2.48 bits per heavy atom. The Balaban J connectivity index is 2.23. The van der Waals surface area contributed by atoms with Gasteiger partial charge in [0.05, 0.1) is 15.5 Å². The summed E-state index contributed by atoms with van der Waals surface area (Å²) in [6.07, 6.45) is 0. The number of nitro groups is 1. The Bertz CT molecular complexity index is 864. The van der Waals surface area contributed by atoms with Crippen LogP contribution in [0.25, 0.3) is 0 Å². The van der Waals surface area contributed by atoms with Crippen molar-refractivity contribution < 1.29 is 13.3 Å². The molecule has 0 amide bonds. The van der Waals surface area contributed by atoms with E-state index >= 15 is 0 Å². The number of rotatable bonds is 5. The molecule has 2 aromatic carbocycles. The van der Waals surface area contributed by atoms with Crippen LogP contribution in [-0.2, 0) is 10.0 Å². The predicted octanol–water partition coefficient (Wildman–Crippen LogP) is 3.06. The maximum Gasteiger partial charge on any atom is 0.276 e. The Kier molecular flexibility index (Phi) is 5.12. The molecule has 120 valence electrons. The number of nitrogens with one attached hydrogen (secondary N) is 1. The molecule has 2 aromatic rings. The number of non-ortho nitro benzene ring substituents is 1. The highest BCUT2D eigenvalue weighted by Crippen LogP contribution is 2.16. The summed E-state index contributed by atoms with van der Waals surface area (Å²) in [5.41, 5.74) is 0.680. The average molecular weight is 398 g/mol. The van der Waals surface area contributed by atoms with Crippen molar-refractivity contribution in [2.75, 3.05) is 0 Å². The van der Waals surface area contributed by atoms with Gasteiger partial charge in [-0.2, -0.15) is 18.4 Å².